The molecule has 1 N–H and O–H groups in total. The van der Waals surface area contributed by atoms with Gasteiger partial charge in [0.05, 0.1) is 6.61 Å². The predicted octanol–water partition coefficient (Wildman–Crippen LogP) is 1.10. The van der Waals surface area contributed by atoms with Gasteiger partial charge >= 0.3 is 0 Å². The lowest BCUT2D eigenvalue weighted by Crippen LogP contribution is -2.47. The summed E-state index contributed by atoms with van der Waals surface area (Å²) >= 11 is 0. The van der Waals surface area contributed by atoms with E-state index in [1.165, 1.54) is 32.4 Å². The van der Waals surface area contributed by atoms with Gasteiger partial charge in [0.15, 0.2) is 0 Å². The van der Waals surface area contributed by atoms with Crippen molar-refractivity contribution in [2.24, 2.45) is 5.92 Å². The monoisotopic (exact) mass is 212 g/mol. The molecule has 15 heavy (non-hydrogen) atoms. The van der Waals surface area contributed by atoms with E-state index in [4.69, 9.17) is 4.74 Å². The zero-order chi connectivity index (χ0) is 10.7. The number of nitrogens with zero attached hydrogens (tertiary/aromatic N) is 1. The van der Waals surface area contributed by atoms with Gasteiger partial charge in [-0.15, -0.1) is 0 Å². The van der Waals surface area contributed by atoms with Crippen LogP contribution in [0.4, 0.5) is 0 Å². The molecule has 0 saturated carbocycles. The zero-order valence-corrected chi connectivity index (χ0v) is 10.0. The van der Waals surface area contributed by atoms with Crippen molar-refractivity contribution in [2.45, 2.75) is 38.3 Å². The molecule has 2 fully saturated rings. The van der Waals surface area contributed by atoms with Gasteiger partial charge in [-0.2, -0.15) is 0 Å². The molecule has 0 aromatic heterocycles. The summed E-state index contributed by atoms with van der Waals surface area (Å²) in [5, 5.41) is 3.62. The molecule has 3 heteroatoms. The van der Waals surface area contributed by atoms with Gasteiger partial charge in [0.25, 0.3) is 0 Å². The first-order chi connectivity index (χ1) is 7.25. The smallest absolute Gasteiger partial charge is 0.0622 e. The van der Waals surface area contributed by atoms with E-state index in [0.29, 0.717) is 12.1 Å². The summed E-state index contributed by atoms with van der Waals surface area (Å²) in [6.07, 6.45) is 3.88. The van der Waals surface area contributed by atoms with E-state index >= 15 is 0 Å². The van der Waals surface area contributed by atoms with Gasteiger partial charge in [-0.25, -0.2) is 0 Å². The van der Waals surface area contributed by atoms with Crippen LogP contribution < -0.4 is 5.32 Å². The highest BCUT2D eigenvalue weighted by atomic mass is 16.5. The van der Waals surface area contributed by atoms with E-state index in [-0.39, 0.29) is 0 Å². The molecule has 3 unspecified atom stereocenters. The van der Waals surface area contributed by atoms with Crippen molar-refractivity contribution in [1.82, 2.24) is 10.2 Å². The summed E-state index contributed by atoms with van der Waals surface area (Å²) in [5.41, 5.74) is 0. The number of ether oxygens (including phenoxy) is 1. The normalized spacial score (nSPS) is 37.4. The number of piperidine rings is 1. The van der Waals surface area contributed by atoms with Gasteiger partial charge in [-0.05, 0) is 38.8 Å². The lowest BCUT2D eigenvalue weighted by molar-refractivity contribution is 0.145. The lowest BCUT2D eigenvalue weighted by atomic mass is 9.94. The molecular weight excluding hydrogens is 188 g/mol. The zero-order valence-electron chi connectivity index (χ0n) is 10.0. The van der Waals surface area contributed by atoms with Gasteiger partial charge in [0.1, 0.15) is 0 Å². The Kier molecular flexibility index (Phi) is 4.00. The van der Waals surface area contributed by atoms with Crippen LogP contribution in [0.15, 0.2) is 0 Å². The third-order valence-electron chi connectivity index (χ3n) is 3.79. The highest BCUT2D eigenvalue weighted by Gasteiger charge is 2.24. The Labute approximate surface area is 93.2 Å². The summed E-state index contributed by atoms with van der Waals surface area (Å²) in [4.78, 5) is 2.47. The van der Waals surface area contributed by atoms with Gasteiger partial charge < -0.3 is 10.1 Å². The standard InChI is InChI=1S/C12H24N2O/c1-10-3-5-13-11(7-10)8-14(2)12-4-6-15-9-12/h10-13H,3-9H2,1-2H3. The summed E-state index contributed by atoms with van der Waals surface area (Å²) in [6.45, 7) is 6.62. The van der Waals surface area contributed by atoms with Crippen molar-refractivity contribution in [3.63, 3.8) is 0 Å². The van der Waals surface area contributed by atoms with Gasteiger partial charge in [0.2, 0.25) is 0 Å². The van der Waals surface area contributed by atoms with Gasteiger partial charge in [-0.3, -0.25) is 4.90 Å². The van der Waals surface area contributed by atoms with Crippen LogP contribution in [-0.4, -0.2) is 50.3 Å². The van der Waals surface area contributed by atoms with E-state index in [1.807, 2.05) is 0 Å². The third-order valence-corrected chi connectivity index (χ3v) is 3.79. The Balaban J connectivity index is 1.74. The molecule has 88 valence electrons. The first-order valence-corrected chi connectivity index (χ1v) is 6.27. The molecule has 3 nitrogen and oxygen atoms in total. The number of hydrogen-bond donors (Lipinski definition) is 1. The Morgan fingerprint density at radius 3 is 2.93 bits per heavy atom. The number of hydrogen-bond acceptors (Lipinski definition) is 3. The molecule has 0 bridgehead atoms. The molecule has 2 heterocycles. The van der Waals surface area contributed by atoms with Crippen LogP contribution in [0.3, 0.4) is 0 Å². The first-order valence-electron chi connectivity index (χ1n) is 6.27. The van der Waals surface area contributed by atoms with Crippen molar-refractivity contribution < 1.29 is 4.74 Å². The molecule has 2 aliphatic rings. The Bertz CT molecular complexity index is 192. The van der Waals surface area contributed by atoms with Crippen molar-refractivity contribution in [2.75, 3.05) is 33.4 Å². The molecule has 3 atom stereocenters. The minimum absolute atomic E-state index is 0.657. The highest BCUT2D eigenvalue weighted by Crippen LogP contribution is 2.17. The maximum Gasteiger partial charge on any atom is 0.0622 e. The fraction of sp³-hybridized carbons (Fsp3) is 1.00. The maximum atomic E-state index is 5.43. The van der Waals surface area contributed by atoms with Crippen molar-refractivity contribution in [1.29, 1.82) is 0 Å². The summed E-state index contributed by atoms with van der Waals surface area (Å²) in [5.74, 6) is 0.893. The predicted molar refractivity (Wildman–Crippen MR) is 62.0 cm³/mol. The van der Waals surface area contributed by atoms with Gasteiger partial charge in [-0.1, -0.05) is 6.92 Å². The molecule has 0 aliphatic carbocycles. The molecule has 0 aromatic rings. The minimum atomic E-state index is 0.657. The van der Waals surface area contributed by atoms with E-state index < -0.39 is 0 Å². The summed E-state index contributed by atoms with van der Waals surface area (Å²) in [7, 11) is 2.24. The first kappa shape index (κ1) is 11.4. The SMILES string of the molecule is CC1CCNC(CN(C)C2CCOC2)C1. The number of likely N-dealkylation sites (N-methyl/N-ethyl adjacent to an activating group) is 1. The molecular formula is C12H24N2O. The molecule has 2 saturated heterocycles. The van der Waals surface area contributed by atoms with E-state index in [1.54, 1.807) is 0 Å². The second-order valence-corrected chi connectivity index (χ2v) is 5.24. The second kappa shape index (κ2) is 5.28. The summed E-state index contributed by atoms with van der Waals surface area (Å²) in [6, 6.07) is 1.35. The largest absolute Gasteiger partial charge is 0.380 e. The van der Waals surface area contributed by atoms with Crippen LogP contribution in [0.1, 0.15) is 26.2 Å². The van der Waals surface area contributed by atoms with Crippen LogP contribution in [-0.2, 0) is 4.74 Å². The molecule has 0 amide bonds. The fourth-order valence-electron chi connectivity index (χ4n) is 2.73. The number of nitrogens with one attached hydrogen (secondary N) is 1. The van der Waals surface area contributed by atoms with Crippen LogP contribution in [0.25, 0.3) is 0 Å². The highest BCUT2D eigenvalue weighted by molar-refractivity contribution is 4.82. The molecule has 2 aliphatic heterocycles. The van der Waals surface area contributed by atoms with Gasteiger partial charge in [0, 0.05) is 25.2 Å². The maximum absolute atomic E-state index is 5.43. The van der Waals surface area contributed by atoms with Crippen molar-refractivity contribution >= 4 is 0 Å². The fourth-order valence-corrected chi connectivity index (χ4v) is 2.73. The molecule has 0 aromatic carbocycles. The average Bonchev–Trinajstić information content (AvgIpc) is 2.70. The summed E-state index contributed by atoms with van der Waals surface area (Å²) < 4.78 is 5.43. The van der Waals surface area contributed by atoms with Crippen LogP contribution in [0, 0.1) is 5.92 Å². The van der Waals surface area contributed by atoms with Crippen molar-refractivity contribution in [3.8, 4) is 0 Å². The quantitative estimate of drug-likeness (QED) is 0.758. The molecule has 2 rings (SSSR count). The third kappa shape index (κ3) is 3.16. The molecule has 0 radical (unpaired) electrons. The van der Waals surface area contributed by atoms with Crippen LogP contribution >= 0.6 is 0 Å². The number of rotatable bonds is 3. The van der Waals surface area contributed by atoms with E-state index in [2.05, 4.69) is 24.2 Å². The van der Waals surface area contributed by atoms with Crippen LogP contribution in [0.5, 0.6) is 0 Å². The molecule has 0 spiro atoms. The van der Waals surface area contributed by atoms with E-state index in [9.17, 15) is 0 Å². The van der Waals surface area contributed by atoms with Crippen molar-refractivity contribution in [3.05, 3.63) is 0 Å². The van der Waals surface area contributed by atoms with Crippen LogP contribution in [0.2, 0.25) is 0 Å². The Morgan fingerprint density at radius 2 is 2.27 bits per heavy atom. The lowest BCUT2D eigenvalue weighted by Gasteiger charge is -2.33. The Morgan fingerprint density at radius 1 is 1.40 bits per heavy atom. The van der Waals surface area contributed by atoms with E-state index in [0.717, 1.165) is 19.1 Å². The second-order valence-electron chi connectivity index (χ2n) is 5.24. The average molecular weight is 212 g/mol. The topological polar surface area (TPSA) is 24.5 Å². The minimum Gasteiger partial charge on any atom is -0.380 e. The Hall–Kier alpha value is -0.120.